The van der Waals surface area contributed by atoms with Crippen molar-refractivity contribution in [2.75, 3.05) is 6.61 Å². The first-order valence-electron chi connectivity index (χ1n) is 8.56. The van der Waals surface area contributed by atoms with Crippen molar-refractivity contribution in [3.63, 3.8) is 0 Å². The molecular formula is C20H20F2O5. The molecule has 0 radical (unpaired) electrons. The van der Waals surface area contributed by atoms with Crippen LogP contribution in [0.25, 0.3) is 0 Å². The molecule has 1 aliphatic heterocycles. The third-order valence-electron chi connectivity index (χ3n) is 4.68. The van der Waals surface area contributed by atoms with E-state index >= 15 is 0 Å². The van der Waals surface area contributed by atoms with Crippen LogP contribution in [0.15, 0.2) is 48.5 Å². The Morgan fingerprint density at radius 1 is 1.07 bits per heavy atom. The SMILES string of the molecule is CCOC(=O)[C@H]1CC(c2ccc(F)cc2)(c2ccc(F)cc2)OO[C@@]1(C)O. The van der Waals surface area contributed by atoms with Crippen LogP contribution in [0.3, 0.4) is 0 Å². The first kappa shape index (κ1) is 19.4. The molecule has 1 N–H and O–H groups in total. The highest BCUT2D eigenvalue weighted by molar-refractivity contribution is 5.74. The monoisotopic (exact) mass is 378 g/mol. The van der Waals surface area contributed by atoms with E-state index in [4.69, 9.17) is 14.5 Å². The Morgan fingerprint density at radius 2 is 1.56 bits per heavy atom. The summed E-state index contributed by atoms with van der Waals surface area (Å²) in [5, 5.41) is 10.5. The zero-order chi connectivity index (χ0) is 19.7. The van der Waals surface area contributed by atoms with Gasteiger partial charge >= 0.3 is 5.97 Å². The summed E-state index contributed by atoms with van der Waals surface area (Å²) >= 11 is 0. The number of hydrogen-bond donors (Lipinski definition) is 1. The van der Waals surface area contributed by atoms with E-state index in [1.54, 1.807) is 6.92 Å². The van der Waals surface area contributed by atoms with E-state index in [1.807, 2.05) is 0 Å². The molecule has 0 amide bonds. The smallest absolute Gasteiger partial charge is 0.314 e. The molecule has 0 aliphatic carbocycles. The minimum Gasteiger partial charge on any atom is -0.466 e. The summed E-state index contributed by atoms with van der Waals surface area (Å²) < 4.78 is 31.9. The van der Waals surface area contributed by atoms with Crippen LogP contribution in [-0.2, 0) is 24.9 Å². The summed E-state index contributed by atoms with van der Waals surface area (Å²) in [6.07, 6.45) is -0.0455. The summed E-state index contributed by atoms with van der Waals surface area (Å²) in [5.74, 6) is -4.55. The number of carbonyl (C=O) groups is 1. The maximum absolute atomic E-state index is 13.4. The van der Waals surface area contributed by atoms with Gasteiger partial charge in [0.25, 0.3) is 0 Å². The highest BCUT2D eigenvalue weighted by Gasteiger charge is 2.54. The number of hydrogen-bond acceptors (Lipinski definition) is 5. The van der Waals surface area contributed by atoms with Crippen molar-refractivity contribution in [2.24, 2.45) is 5.92 Å². The van der Waals surface area contributed by atoms with Crippen molar-refractivity contribution >= 4 is 5.97 Å². The lowest BCUT2D eigenvalue weighted by Gasteiger charge is -2.45. The fourth-order valence-corrected chi connectivity index (χ4v) is 3.21. The Balaban J connectivity index is 2.11. The van der Waals surface area contributed by atoms with Gasteiger partial charge in [-0.1, -0.05) is 24.3 Å². The van der Waals surface area contributed by atoms with Crippen molar-refractivity contribution in [1.29, 1.82) is 0 Å². The Labute approximate surface area is 155 Å². The Hall–Kier alpha value is -2.35. The van der Waals surface area contributed by atoms with E-state index in [0.717, 1.165) is 0 Å². The molecule has 1 aliphatic rings. The molecular weight excluding hydrogens is 358 g/mol. The molecule has 1 saturated heterocycles. The average molecular weight is 378 g/mol. The van der Waals surface area contributed by atoms with Crippen LogP contribution in [0.4, 0.5) is 8.78 Å². The molecule has 2 aromatic carbocycles. The average Bonchev–Trinajstić information content (AvgIpc) is 2.63. The predicted octanol–water partition coefficient (Wildman–Crippen LogP) is 3.45. The second-order valence-corrected chi connectivity index (χ2v) is 6.57. The van der Waals surface area contributed by atoms with Gasteiger partial charge in [0.05, 0.1) is 6.61 Å². The zero-order valence-corrected chi connectivity index (χ0v) is 14.9. The standard InChI is InChI=1S/C20H20F2O5/c1-3-25-18(23)17-12-20(27-26-19(17,2)24,13-4-8-15(21)9-5-13)14-6-10-16(22)11-7-14/h4-11,17,24H,3,12H2,1-2H3/t17-,19-/m1/s1. The van der Waals surface area contributed by atoms with Crippen LogP contribution < -0.4 is 0 Å². The third-order valence-corrected chi connectivity index (χ3v) is 4.68. The highest BCUT2D eigenvalue weighted by Crippen LogP contribution is 2.47. The number of rotatable bonds is 4. The van der Waals surface area contributed by atoms with Crippen LogP contribution in [-0.4, -0.2) is 23.5 Å². The lowest BCUT2D eigenvalue weighted by Crippen LogP contribution is -2.53. The van der Waals surface area contributed by atoms with E-state index in [9.17, 15) is 18.7 Å². The maximum Gasteiger partial charge on any atom is 0.314 e. The van der Waals surface area contributed by atoms with Gasteiger partial charge in [-0.2, -0.15) is 4.89 Å². The van der Waals surface area contributed by atoms with Gasteiger partial charge in [0, 0.05) is 6.42 Å². The first-order chi connectivity index (χ1) is 12.8. The van der Waals surface area contributed by atoms with E-state index in [0.29, 0.717) is 11.1 Å². The Morgan fingerprint density at radius 3 is 2.00 bits per heavy atom. The van der Waals surface area contributed by atoms with E-state index in [1.165, 1.54) is 55.5 Å². The van der Waals surface area contributed by atoms with E-state index < -0.39 is 34.9 Å². The number of halogens is 2. The fraction of sp³-hybridized carbons (Fsp3) is 0.350. The third kappa shape index (κ3) is 3.71. The van der Waals surface area contributed by atoms with Crippen molar-refractivity contribution in [2.45, 2.75) is 31.7 Å². The Bertz CT molecular complexity index is 757. The van der Waals surface area contributed by atoms with E-state index in [2.05, 4.69) is 0 Å². The van der Waals surface area contributed by atoms with Crippen molar-refractivity contribution < 1.29 is 33.2 Å². The summed E-state index contributed by atoms with van der Waals surface area (Å²) in [6, 6.07) is 10.9. The summed E-state index contributed by atoms with van der Waals surface area (Å²) in [4.78, 5) is 23.2. The lowest BCUT2D eigenvalue weighted by molar-refractivity contribution is -0.489. The van der Waals surface area contributed by atoms with Gasteiger partial charge in [-0.3, -0.25) is 4.79 Å². The van der Waals surface area contributed by atoms with E-state index in [-0.39, 0.29) is 13.0 Å². The minimum absolute atomic E-state index is 0.0455. The molecule has 27 heavy (non-hydrogen) atoms. The molecule has 0 spiro atoms. The van der Waals surface area contributed by atoms with Gasteiger partial charge in [-0.15, -0.1) is 0 Å². The van der Waals surface area contributed by atoms with Crippen LogP contribution in [0.5, 0.6) is 0 Å². The zero-order valence-electron chi connectivity index (χ0n) is 14.9. The quantitative estimate of drug-likeness (QED) is 0.652. The first-order valence-corrected chi connectivity index (χ1v) is 8.56. The molecule has 5 nitrogen and oxygen atoms in total. The van der Waals surface area contributed by atoms with Crippen LogP contribution in [0, 0.1) is 17.6 Å². The highest BCUT2D eigenvalue weighted by atomic mass is 19.1. The number of aliphatic hydroxyl groups is 1. The predicted molar refractivity (Wildman–Crippen MR) is 91.1 cm³/mol. The number of carbonyl (C=O) groups excluding carboxylic acids is 1. The molecule has 2 atom stereocenters. The number of esters is 1. The minimum atomic E-state index is -1.92. The second-order valence-electron chi connectivity index (χ2n) is 6.57. The van der Waals surface area contributed by atoms with Crippen molar-refractivity contribution in [1.82, 2.24) is 0 Å². The van der Waals surface area contributed by atoms with Crippen LogP contribution in [0.1, 0.15) is 31.4 Å². The largest absolute Gasteiger partial charge is 0.466 e. The topological polar surface area (TPSA) is 65.0 Å². The molecule has 0 aromatic heterocycles. The molecule has 2 aromatic rings. The van der Waals surface area contributed by atoms with Crippen molar-refractivity contribution in [3.05, 3.63) is 71.3 Å². The fourth-order valence-electron chi connectivity index (χ4n) is 3.21. The maximum atomic E-state index is 13.4. The van der Waals surface area contributed by atoms with Crippen LogP contribution >= 0.6 is 0 Å². The molecule has 1 fully saturated rings. The lowest BCUT2D eigenvalue weighted by atomic mass is 9.76. The summed E-state index contributed by atoms with van der Waals surface area (Å²) in [7, 11) is 0. The van der Waals surface area contributed by atoms with Crippen molar-refractivity contribution in [3.8, 4) is 0 Å². The molecule has 3 rings (SSSR count). The molecule has 1 heterocycles. The number of benzene rings is 2. The molecule has 144 valence electrons. The normalized spacial score (nSPS) is 24.4. The molecule has 7 heteroatoms. The molecule has 0 bridgehead atoms. The Kier molecular flexibility index (Phi) is 5.28. The van der Waals surface area contributed by atoms with Gasteiger partial charge < -0.3 is 9.84 Å². The van der Waals surface area contributed by atoms with Gasteiger partial charge in [-0.05, 0) is 49.2 Å². The number of ether oxygens (including phenoxy) is 1. The van der Waals surface area contributed by atoms with Gasteiger partial charge in [0.15, 0.2) is 5.60 Å². The molecule has 0 unspecified atom stereocenters. The molecule has 0 saturated carbocycles. The summed E-state index contributed by atoms with van der Waals surface area (Å²) in [5.41, 5.74) is -0.387. The summed E-state index contributed by atoms with van der Waals surface area (Å²) in [6.45, 7) is 3.08. The second kappa shape index (κ2) is 7.34. The van der Waals surface area contributed by atoms with Gasteiger partial charge in [0.2, 0.25) is 5.79 Å². The van der Waals surface area contributed by atoms with Crippen LogP contribution in [0.2, 0.25) is 0 Å². The van der Waals surface area contributed by atoms with Gasteiger partial charge in [-0.25, -0.2) is 13.7 Å². The van der Waals surface area contributed by atoms with Gasteiger partial charge in [0.1, 0.15) is 17.6 Å².